The van der Waals surface area contributed by atoms with Crippen molar-refractivity contribution in [2.75, 3.05) is 6.61 Å². The number of rotatable bonds is 7. The van der Waals surface area contributed by atoms with E-state index in [1.54, 1.807) is 30.3 Å². The lowest BCUT2D eigenvalue weighted by atomic mass is 10.1. The highest BCUT2D eigenvalue weighted by molar-refractivity contribution is 6.03. The van der Waals surface area contributed by atoms with Crippen LogP contribution in [0.4, 0.5) is 5.69 Å². The number of amides is 1. The van der Waals surface area contributed by atoms with E-state index >= 15 is 0 Å². The van der Waals surface area contributed by atoms with Crippen molar-refractivity contribution in [1.82, 2.24) is 5.32 Å². The van der Waals surface area contributed by atoms with Crippen LogP contribution in [0.2, 0.25) is 0 Å². The third-order valence-electron chi connectivity index (χ3n) is 3.25. The van der Waals surface area contributed by atoms with Crippen LogP contribution in [0.5, 0.6) is 0 Å². The van der Waals surface area contributed by atoms with Crippen LogP contribution in [0.15, 0.2) is 72.9 Å². The summed E-state index contributed by atoms with van der Waals surface area (Å²) in [6.45, 7) is 3.45. The second kappa shape index (κ2) is 8.93. The van der Waals surface area contributed by atoms with Crippen molar-refractivity contribution >= 4 is 23.6 Å². The Bertz CT molecular complexity index is 842. The van der Waals surface area contributed by atoms with Crippen molar-refractivity contribution in [3.8, 4) is 0 Å². The van der Waals surface area contributed by atoms with Crippen LogP contribution < -0.4 is 5.32 Å². The Hall–Kier alpha value is -3.74. The summed E-state index contributed by atoms with van der Waals surface area (Å²) in [6, 6.07) is 13.9. The normalized spacial score (nSPS) is 10.7. The van der Waals surface area contributed by atoms with Gasteiger partial charge in [-0.3, -0.25) is 14.9 Å². The number of esters is 1. The predicted molar refractivity (Wildman–Crippen MR) is 96.1 cm³/mol. The van der Waals surface area contributed by atoms with E-state index < -0.39 is 16.8 Å². The monoisotopic (exact) mass is 352 g/mol. The van der Waals surface area contributed by atoms with Crippen molar-refractivity contribution in [2.24, 2.45) is 0 Å². The second-order valence-electron chi connectivity index (χ2n) is 5.11. The van der Waals surface area contributed by atoms with Crippen molar-refractivity contribution in [1.29, 1.82) is 0 Å². The molecule has 0 bridgehead atoms. The zero-order valence-electron chi connectivity index (χ0n) is 13.8. The molecule has 2 rings (SSSR count). The molecule has 1 amide bonds. The maximum absolute atomic E-state index is 12.3. The number of nitrogens with zero attached hydrogens (tertiary/aromatic N) is 1. The molecule has 0 heterocycles. The van der Waals surface area contributed by atoms with Crippen molar-refractivity contribution in [3.05, 3.63) is 94.2 Å². The molecular formula is C19H16N2O5. The van der Waals surface area contributed by atoms with Gasteiger partial charge in [-0.2, -0.15) is 0 Å². The number of hydrogen-bond acceptors (Lipinski definition) is 5. The molecule has 2 aromatic carbocycles. The predicted octanol–water partition coefficient (Wildman–Crippen LogP) is 3.09. The minimum absolute atomic E-state index is 0.0162. The van der Waals surface area contributed by atoms with E-state index in [0.717, 1.165) is 0 Å². The highest BCUT2D eigenvalue weighted by Gasteiger charge is 2.16. The van der Waals surface area contributed by atoms with Gasteiger partial charge in [0.15, 0.2) is 0 Å². The highest BCUT2D eigenvalue weighted by Crippen LogP contribution is 2.14. The summed E-state index contributed by atoms with van der Waals surface area (Å²) in [5.41, 5.74) is 0.703. The first-order valence-electron chi connectivity index (χ1n) is 7.62. The number of carbonyl (C=O) groups excluding carboxylic acids is 2. The Labute approximate surface area is 149 Å². The van der Waals surface area contributed by atoms with Crippen molar-refractivity contribution in [3.63, 3.8) is 0 Å². The molecule has 0 saturated heterocycles. The van der Waals surface area contributed by atoms with Crippen LogP contribution >= 0.6 is 0 Å². The average Bonchev–Trinajstić information content (AvgIpc) is 2.66. The molecule has 0 saturated carbocycles. The third kappa shape index (κ3) is 5.13. The molecule has 0 aliphatic heterocycles. The van der Waals surface area contributed by atoms with Crippen LogP contribution in [-0.2, 0) is 9.53 Å². The molecule has 0 fully saturated rings. The molecule has 0 aliphatic carbocycles. The number of benzene rings is 2. The van der Waals surface area contributed by atoms with E-state index in [2.05, 4.69) is 11.9 Å². The summed E-state index contributed by atoms with van der Waals surface area (Å²) in [5.74, 6) is -1.22. The van der Waals surface area contributed by atoms with Gasteiger partial charge in [0.25, 0.3) is 11.6 Å². The third-order valence-corrected chi connectivity index (χ3v) is 3.25. The molecule has 0 aliphatic rings. The average molecular weight is 352 g/mol. The van der Waals surface area contributed by atoms with Crippen molar-refractivity contribution in [2.45, 2.75) is 0 Å². The quantitative estimate of drug-likeness (QED) is 0.271. The van der Waals surface area contributed by atoms with Crippen LogP contribution in [0.1, 0.15) is 15.9 Å². The van der Waals surface area contributed by atoms with Gasteiger partial charge in [-0.05, 0) is 35.9 Å². The topological polar surface area (TPSA) is 98.5 Å². The van der Waals surface area contributed by atoms with Crippen molar-refractivity contribution < 1.29 is 19.2 Å². The zero-order chi connectivity index (χ0) is 18.9. The van der Waals surface area contributed by atoms with E-state index in [-0.39, 0.29) is 18.0 Å². The van der Waals surface area contributed by atoms with Gasteiger partial charge < -0.3 is 10.1 Å². The smallest absolute Gasteiger partial charge is 0.355 e. The number of carbonyl (C=O) groups is 2. The first-order chi connectivity index (χ1) is 12.5. The van der Waals surface area contributed by atoms with E-state index in [0.29, 0.717) is 11.1 Å². The van der Waals surface area contributed by atoms with Gasteiger partial charge in [-0.15, -0.1) is 0 Å². The zero-order valence-corrected chi connectivity index (χ0v) is 13.8. The summed E-state index contributed by atoms with van der Waals surface area (Å²) < 4.78 is 4.98. The number of nitro benzene ring substituents is 1. The molecule has 26 heavy (non-hydrogen) atoms. The molecule has 0 atom stereocenters. The van der Waals surface area contributed by atoms with Gasteiger partial charge in [0.1, 0.15) is 12.3 Å². The molecule has 132 valence electrons. The van der Waals surface area contributed by atoms with E-state index in [4.69, 9.17) is 4.74 Å². The van der Waals surface area contributed by atoms with Crippen LogP contribution in [-0.4, -0.2) is 23.4 Å². The second-order valence-corrected chi connectivity index (χ2v) is 5.11. The lowest BCUT2D eigenvalue weighted by Gasteiger charge is -2.09. The molecular weight excluding hydrogens is 336 g/mol. The molecule has 1 N–H and O–H groups in total. The molecule has 0 radical (unpaired) electrons. The fraction of sp³-hybridized carbons (Fsp3) is 0.0526. The maximum Gasteiger partial charge on any atom is 0.355 e. The summed E-state index contributed by atoms with van der Waals surface area (Å²) in [6.07, 6.45) is 2.79. The molecule has 0 aromatic heterocycles. The van der Waals surface area contributed by atoms with Crippen LogP contribution in [0.3, 0.4) is 0 Å². The van der Waals surface area contributed by atoms with Gasteiger partial charge in [0.2, 0.25) is 0 Å². The summed E-state index contributed by atoms with van der Waals surface area (Å²) >= 11 is 0. The first kappa shape index (κ1) is 18.6. The number of nitrogens with one attached hydrogen (secondary N) is 1. The Balaban J connectivity index is 2.27. The SMILES string of the molecule is C=CCOC(=O)/C(=C\c1ccc([N+](=O)[O-])cc1)NC(=O)c1ccccc1. The lowest BCUT2D eigenvalue weighted by molar-refractivity contribution is -0.384. The minimum Gasteiger partial charge on any atom is -0.457 e. The van der Waals surface area contributed by atoms with Gasteiger partial charge >= 0.3 is 5.97 Å². The fourth-order valence-corrected chi connectivity index (χ4v) is 2.00. The van der Waals surface area contributed by atoms with Gasteiger partial charge in [-0.1, -0.05) is 30.9 Å². The number of hydrogen-bond donors (Lipinski definition) is 1. The Morgan fingerprint density at radius 3 is 2.35 bits per heavy atom. The van der Waals surface area contributed by atoms with Gasteiger partial charge in [-0.25, -0.2) is 4.79 Å². The largest absolute Gasteiger partial charge is 0.457 e. The Morgan fingerprint density at radius 2 is 1.77 bits per heavy atom. The highest BCUT2D eigenvalue weighted by atomic mass is 16.6. The number of nitro groups is 1. The molecule has 7 heteroatoms. The summed E-state index contributed by atoms with van der Waals surface area (Å²) in [5, 5.41) is 13.2. The number of non-ortho nitro benzene ring substituents is 1. The Morgan fingerprint density at radius 1 is 1.12 bits per heavy atom. The summed E-state index contributed by atoms with van der Waals surface area (Å²) in [7, 11) is 0. The molecule has 0 spiro atoms. The van der Waals surface area contributed by atoms with Crippen LogP contribution in [0, 0.1) is 10.1 Å². The number of ether oxygens (including phenoxy) is 1. The standard InChI is InChI=1S/C19H16N2O5/c1-2-12-26-19(23)17(20-18(22)15-6-4-3-5-7-15)13-14-8-10-16(11-9-14)21(24)25/h2-11,13H,1,12H2,(H,20,22)/b17-13+. The molecule has 0 unspecified atom stereocenters. The molecule has 7 nitrogen and oxygen atoms in total. The van der Waals surface area contributed by atoms with Gasteiger partial charge in [0, 0.05) is 17.7 Å². The van der Waals surface area contributed by atoms with E-state index in [9.17, 15) is 19.7 Å². The van der Waals surface area contributed by atoms with Gasteiger partial charge in [0.05, 0.1) is 4.92 Å². The minimum atomic E-state index is -0.743. The summed E-state index contributed by atoms with van der Waals surface area (Å²) in [4.78, 5) is 34.7. The lowest BCUT2D eigenvalue weighted by Crippen LogP contribution is -2.28. The fourth-order valence-electron chi connectivity index (χ4n) is 2.00. The van der Waals surface area contributed by atoms with Crippen LogP contribution in [0.25, 0.3) is 6.08 Å². The van der Waals surface area contributed by atoms with E-state index in [1.165, 1.54) is 36.4 Å². The Kier molecular flexibility index (Phi) is 6.39. The van der Waals surface area contributed by atoms with E-state index in [1.807, 2.05) is 0 Å². The first-order valence-corrected chi connectivity index (χ1v) is 7.62. The molecule has 2 aromatic rings. The maximum atomic E-state index is 12.3.